The number of carbonyl (C=O) groups is 1. The first kappa shape index (κ1) is 23.9. The third kappa shape index (κ3) is 6.39. The third-order valence-electron chi connectivity index (χ3n) is 5.27. The van der Waals surface area contributed by atoms with E-state index in [1.54, 1.807) is 35.2 Å². The van der Waals surface area contributed by atoms with Crippen molar-refractivity contribution in [2.24, 2.45) is 0 Å². The molecule has 0 fully saturated rings. The highest BCUT2D eigenvalue weighted by atomic mass is 35.5. The zero-order chi connectivity index (χ0) is 23.1. The molecule has 0 aliphatic heterocycles. The Labute approximate surface area is 191 Å². The minimum Gasteiger partial charge on any atom is -0.345 e. The first-order valence-corrected chi connectivity index (χ1v) is 11.0. The predicted octanol–water partition coefficient (Wildman–Crippen LogP) is 7.04. The number of hydrogen-bond donors (Lipinski definition) is 0. The zero-order valence-electron chi connectivity index (χ0n) is 17.9. The van der Waals surface area contributed by atoms with Gasteiger partial charge in [0.1, 0.15) is 0 Å². The number of hydrogen-bond acceptors (Lipinski definition) is 1. The number of aromatic nitrogens is 1. The molecule has 3 rings (SSSR count). The fraction of sp³-hybridized carbons (Fsp3) is 0.320. The summed E-state index contributed by atoms with van der Waals surface area (Å²) in [5, 5.41) is 0.497. The van der Waals surface area contributed by atoms with Gasteiger partial charge in [0.2, 0.25) is 0 Å². The summed E-state index contributed by atoms with van der Waals surface area (Å²) in [7, 11) is 0. The molecule has 0 unspecified atom stereocenters. The van der Waals surface area contributed by atoms with Crippen LogP contribution < -0.4 is 0 Å². The number of halogens is 4. The number of rotatable bonds is 9. The second kappa shape index (κ2) is 10.7. The molecule has 3 nitrogen and oxygen atoms in total. The summed E-state index contributed by atoms with van der Waals surface area (Å²) in [5.74, 6) is -0.115. The van der Waals surface area contributed by atoms with Crippen LogP contribution in [0.1, 0.15) is 53.4 Å². The standard InChI is InChI=1S/C25H26ClF3N2O/c1-2-3-4-13-31(24(32)20-9-6-11-22(26)16-20)18-23-12-7-14-30(23)17-19-8-5-10-21(15-19)25(27,28)29/h5-12,14-16H,2-4,13,17-18H2,1H3. The van der Waals surface area contributed by atoms with Crippen molar-refractivity contribution in [3.8, 4) is 0 Å². The van der Waals surface area contributed by atoms with Crippen molar-refractivity contribution >= 4 is 17.5 Å². The van der Waals surface area contributed by atoms with Crippen LogP contribution in [-0.4, -0.2) is 21.9 Å². The van der Waals surface area contributed by atoms with Crippen LogP contribution in [0, 0.1) is 0 Å². The van der Waals surface area contributed by atoms with E-state index in [2.05, 4.69) is 6.92 Å². The highest BCUT2D eigenvalue weighted by Gasteiger charge is 2.30. The number of nitrogens with zero attached hydrogens (tertiary/aromatic N) is 2. The van der Waals surface area contributed by atoms with Crippen molar-refractivity contribution in [3.05, 3.63) is 94.3 Å². The normalized spacial score (nSPS) is 11.5. The van der Waals surface area contributed by atoms with Crippen molar-refractivity contribution in [2.45, 2.75) is 45.5 Å². The lowest BCUT2D eigenvalue weighted by Gasteiger charge is -2.24. The van der Waals surface area contributed by atoms with E-state index in [0.717, 1.165) is 31.0 Å². The van der Waals surface area contributed by atoms with Gasteiger partial charge in [-0.15, -0.1) is 0 Å². The topological polar surface area (TPSA) is 25.2 Å². The Hall–Kier alpha value is -2.73. The summed E-state index contributed by atoms with van der Waals surface area (Å²) in [6.07, 6.45) is 0.353. The summed E-state index contributed by atoms with van der Waals surface area (Å²) in [5.41, 5.74) is 1.26. The highest BCUT2D eigenvalue weighted by molar-refractivity contribution is 6.30. The van der Waals surface area contributed by atoms with Gasteiger partial charge in [-0.3, -0.25) is 4.79 Å². The fourth-order valence-electron chi connectivity index (χ4n) is 3.59. The zero-order valence-corrected chi connectivity index (χ0v) is 18.7. The molecule has 0 saturated heterocycles. The minimum absolute atomic E-state index is 0.115. The summed E-state index contributed by atoms with van der Waals surface area (Å²) in [6.45, 7) is 3.35. The molecule has 0 spiro atoms. The Morgan fingerprint density at radius 3 is 2.53 bits per heavy atom. The first-order chi connectivity index (χ1) is 15.3. The first-order valence-electron chi connectivity index (χ1n) is 10.6. The molecule has 32 heavy (non-hydrogen) atoms. The molecule has 0 radical (unpaired) electrons. The average Bonchev–Trinajstić information content (AvgIpc) is 3.18. The van der Waals surface area contributed by atoms with Crippen LogP contribution >= 0.6 is 11.6 Å². The molecular formula is C25H26ClF3N2O. The van der Waals surface area contributed by atoms with E-state index >= 15 is 0 Å². The predicted molar refractivity (Wildman–Crippen MR) is 121 cm³/mol. The Bertz CT molecular complexity index is 1050. The lowest BCUT2D eigenvalue weighted by atomic mass is 10.1. The molecule has 0 N–H and O–H groups in total. The van der Waals surface area contributed by atoms with Crippen LogP contribution in [0.4, 0.5) is 13.2 Å². The van der Waals surface area contributed by atoms with Crippen LogP contribution in [-0.2, 0) is 19.3 Å². The maximum atomic E-state index is 13.2. The Morgan fingerprint density at radius 2 is 1.81 bits per heavy atom. The molecule has 7 heteroatoms. The van der Waals surface area contributed by atoms with E-state index in [0.29, 0.717) is 35.8 Å². The molecule has 1 aromatic heterocycles. The lowest BCUT2D eigenvalue weighted by molar-refractivity contribution is -0.137. The van der Waals surface area contributed by atoms with Gasteiger partial charge in [0.25, 0.3) is 5.91 Å². The van der Waals surface area contributed by atoms with E-state index in [-0.39, 0.29) is 5.91 Å². The molecule has 0 bridgehead atoms. The molecule has 1 amide bonds. The number of alkyl halides is 3. The molecule has 0 aliphatic carbocycles. The van der Waals surface area contributed by atoms with E-state index < -0.39 is 11.7 Å². The van der Waals surface area contributed by atoms with Crippen LogP contribution in [0.25, 0.3) is 0 Å². The third-order valence-corrected chi connectivity index (χ3v) is 5.51. The molecule has 0 atom stereocenters. The van der Waals surface area contributed by atoms with Gasteiger partial charge in [-0.05, 0) is 54.4 Å². The van der Waals surface area contributed by atoms with Crippen molar-refractivity contribution < 1.29 is 18.0 Å². The van der Waals surface area contributed by atoms with Crippen molar-refractivity contribution in [1.29, 1.82) is 0 Å². The van der Waals surface area contributed by atoms with Crippen molar-refractivity contribution in [3.63, 3.8) is 0 Å². The Morgan fingerprint density at radius 1 is 1.03 bits per heavy atom. The SMILES string of the molecule is CCCCCN(Cc1cccn1Cc1cccc(C(F)(F)F)c1)C(=O)c1cccc(Cl)c1. The van der Waals surface area contributed by atoms with Gasteiger partial charge in [-0.25, -0.2) is 0 Å². The minimum atomic E-state index is -4.38. The molecule has 3 aromatic rings. The summed E-state index contributed by atoms with van der Waals surface area (Å²) < 4.78 is 41.1. The van der Waals surface area contributed by atoms with Crippen LogP contribution in [0.3, 0.4) is 0 Å². The summed E-state index contributed by atoms with van der Waals surface area (Å²) in [4.78, 5) is 15.0. The van der Waals surface area contributed by atoms with E-state index in [1.807, 2.05) is 22.9 Å². The number of carbonyl (C=O) groups excluding carboxylic acids is 1. The van der Waals surface area contributed by atoms with E-state index in [1.165, 1.54) is 12.1 Å². The average molecular weight is 463 g/mol. The number of amides is 1. The maximum Gasteiger partial charge on any atom is 0.416 e. The number of unbranched alkanes of at least 4 members (excludes halogenated alkanes) is 2. The molecular weight excluding hydrogens is 437 g/mol. The maximum absolute atomic E-state index is 13.2. The molecule has 1 heterocycles. The fourth-order valence-corrected chi connectivity index (χ4v) is 3.78. The monoisotopic (exact) mass is 462 g/mol. The van der Waals surface area contributed by atoms with Gasteiger partial charge in [-0.2, -0.15) is 13.2 Å². The molecule has 0 aliphatic rings. The number of benzene rings is 2. The van der Waals surface area contributed by atoms with Crippen molar-refractivity contribution in [1.82, 2.24) is 9.47 Å². The largest absolute Gasteiger partial charge is 0.416 e. The molecule has 0 saturated carbocycles. The lowest BCUT2D eigenvalue weighted by Crippen LogP contribution is -2.32. The smallest absolute Gasteiger partial charge is 0.345 e. The van der Waals surface area contributed by atoms with Crippen LogP contribution in [0.15, 0.2) is 66.9 Å². The van der Waals surface area contributed by atoms with Crippen LogP contribution in [0.5, 0.6) is 0 Å². The van der Waals surface area contributed by atoms with Gasteiger partial charge < -0.3 is 9.47 Å². The molecule has 2 aromatic carbocycles. The van der Waals surface area contributed by atoms with Gasteiger partial charge in [0.05, 0.1) is 12.1 Å². The Kier molecular flexibility index (Phi) is 8.02. The van der Waals surface area contributed by atoms with Gasteiger partial charge in [0, 0.05) is 35.6 Å². The second-order valence-electron chi connectivity index (χ2n) is 7.77. The molecule has 170 valence electrons. The van der Waals surface area contributed by atoms with Gasteiger partial charge >= 0.3 is 6.18 Å². The highest BCUT2D eigenvalue weighted by Crippen LogP contribution is 2.29. The quantitative estimate of drug-likeness (QED) is 0.313. The van der Waals surface area contributed by atoms with Gasteiger partial charge in [0.15, 0.2) is 0 Å². The summed E-state index contributed by atoms with van der Waals surface area (Å²) in [6, 6.07) is 15.9. The second-order valence-corrected chi connectivity index (χ2v) is 8.21. The van der Waals surface area contributed by atoms with E-state index in [4.69, 9.17) is 11.6 Å². The van der Waals surface area contributed by atoms with Gasteiger partial charge in [-0.1, -0.05) is 49.6 Å². The van der Waals surface area contributed by atoms with Crippen LogP contribution in [0.2, 0.25) is 5.02 Å². The Balaban J connectivity index is 1.80. The van der Waals surface area contributed by atoms with Crippen molar-refractivity contribution in [2.75, 3.05) is 6.54 Å². The van der Waals surface area contributed by atoms with E-state index in [9.17, 15) is 18.0 Å². The summed E-state index contributed by atoms with van der Waals surface area (Å²) >= 11 is 6.07.